The fourth-order valence-electron chi connectivity index (χ4n) is 1.79. The van der Waals surface area contributed by atoms with Crippen molar-refractivity contribution in [3.8, 4) is 11.4 Å². The number of pyridine rings is 1. The first-order chi connectivity index (χ1) is 7.86. The molecule has 0 unspecified atom stereocenters. The minimum Gasteiger partial charge on any atom is -0.352 e. The molecule has 2 nitrogen and oxygen atoms in total. The van der Waals surface area contributed by atoms with Crippen LogP contribution in [-0.2, 0) is 0 Å². The lowest BCUT2D eigenvalue weighted by atomic mass is 10.2. The maximum absolute atomic E-state index is 4.34. The fourth-order valence-corrected chi connectivity index (χ4v) is 2.44. The molecule has 0 bridgehead atoms. The van der Waals surface area contributed by atoms with Gasteiger partial charge in [-0.1, -0.05) is 24.3 Å². The minimum absolute atomic E-state index is 0.950. The average Bonchev–Trinajstić information content (AvgIpc) is 2.69. The molecule has 2 aromatic heterocycles. The van der Waals surface area contributed by atoms with E-state index in [1.54, 1.807) is 6.20 Å². The highest BCUT2D eigenvalue weighted by Crippen LogP contribution is 2.33. The molecule has 0 spiro atoms. The number of nitrogens with one attached hydrogen (secondary N) is 1. The monoisotopic (exact) mass is 272 g/mol. The highest BCUT2D eigenvalue weighted by atomic mass is 79.9. The lowest BCUT2D eigenvalue weighted by Crippen LogP contribution is -1.81. The first-order valence-corrected chi connectivity index (χ1v) is 5.83. The molecule has 0 fully saturated rings. The van der Waals surface area contributed by atoms with Crippen LogP contribution in [0.25, 0.3) is 22.3 Å². The van der Waals surface area contributed by atoms with Gasteiger partial charge in [0.2, 0.25) is 0 Å². The normalized spacial score (nSPS) is 10.8. The van der Waals surface area contributed by atoms with Gasteiger partial charge in [0.05, 0.1) is 15.9 Å². The molecule has 1 N–H and O–H groups in total. The van der Waals surface area contributed by atoms with Crippen molar-refractivity contribution in [3.05, 3.63) is 53.1 Å². The molecule has 0 amide bonds. The number of H-pyrrole nitrogens is 1. The Hall–Kier alpha value is -1.61. The molecule has 78 valence electrons. The van der Waals surface area contributed by atoms with E-state index in [1.165, 1.54) is 5.39 Å². The molecule has 3 rings (SSSR count). The van der Waals surface area contributed by atoms with Gasteiger partial charge < -0.3 is 4.98 Å². The maximum Gasteiger partial charge on any atom is 0.0876 e. The Morgan fingerprint density at radius 2 is 1.81 bits per heavy atom. The van der Waals surface area contributed by atoms with Gasteiger partial charge in [-0.25, -0.2) is 0 Å². The molecular formula is C13H9BrN2. The molecule has 0 atom stereocenters. The fraction of sp³-hybridized carbons (Fsp3) is 0. The molecule has 0 aliphatic rings. The topological polar surface area (TPSA) is 28.7 Å². The molecule has 2 heterocycles. The molecule has 3 heteroatoms. The van der Waals surface area contributed by atoms with Crippen molar-refractivity contribution in [2.24, 2.45) is 0 Å². The number of rotatable bonds is 1. The van der Waals surface area contributed by atoms with E-state index in [2.05, 4.69) is 38.0 Å². The van der Waals surface area contributed by atoms with Gasteiger partial charge in [-0.15, -0.1) is 0 Å². The Labute approximate surface area is 101 Å². The SMILES string of the molecule is Brc1c(-c2ccccn2)[nH]c2ccccc12. The third kappa shape index (κ3) is 1.44. The van der Waals surface area contributed by atoms with Gasteiger partial charge >= 0.3 is 0 Å². The van der Waals surface area contributed by atoms with Crippen molar-refractivity contribution in [1.82, 2.24) is 9.97 Å². The Morgan fingerprint density at radius 1 is 1.00 bits per heavy atom. The lowest BCUT2D eigenvalue weighted by molar-refractivity contribution is 1.29. The van der Waals surface area contributed by atoms with Gasteiger partial charge in [-0.2, -0.15) is 0 Å². The van der Waals surface area contributed by atoms with Crippen LogP contribution in [0.3, 0.4) is 0 Å². The maximum atomic E-state index is 4.34. The number of benzene rings is 1. The third-order valence-electron chi connectivity index (χ3n) is 2.56. The second kappa shape index (κ2) is 3.76. The number of halogens is 1. The number of fused-ring (bicyclic) bond motifs is 1. The molecule has 16 heavy (non-hydrogen) atoms. The summed E-state index contributed by atoms with van der Waals surface area (Å²) in [6.07, 6.45) is 1.80. The summed E-state index contributed by atoms with van der Waals surface area (Å²) in [6.45, 7) is 0. The molecule has 1 aromatic carbocycles. The molecule has 0 aliphatic heterocycles. The second-order valence-corrected chi connectivity index (χ2v) is 4.37. The zero-order valence-corrected chi connectivity index (χ0v) is 10.0. The van der Waals surface area contributed by atoms with Crippen LogP contribution in [0, 0.1) is 0 Å². The van der Waals surface area contributed by atoms with E-state index in [0.29, 0.717) is 0 Å². The van der Waals surface area contributed by atoms with Crippen LogP contribution in [0.2, 0.25) is 0 Å². The first-order valence-electron chi connectivity index (χ1n) is 5.04. The Bertz CT molecular complexity index is 629. The Morgan fingerprint density at radius 3 is 2.56 bits per heavy atom. The number of aromatic nitrogens is 2. The van der Waals surface area contributed by atoms with Crippen LogP contribution in [0.4, 0.5) is 0 Å². The zero-order chi connectivity index (χ0) is 11.0. The first kappa shape index (κ1) is 9.60. The van der Waals surface area contributed by atoms with E-state index in [4.69, 9.17) is 0 Å². The van der Waals surface area contributed by atoms with Gasteiger partial charge in [-0.05, 0) is 34.1 Å². The van der Waals surface area contributed by atoms with E-state index in [9.17, 15) is 0 Å². The number of aromatic amines is 1. The minimum atomic E-state index is 0.950. The number of hydrogen-bond donors (Lipinski definition) is 1. The van der Waals surface area contributed by atoms with E-state index in [0.717, 1.165) is 21.4 Å². The molecular weight excluding hydrogens is 264 g/mol. The summed E-state index contributed by atoms with van der Waals surface area (Å²) >= 11 is 3.62. The van der Waals surface area contributed by atoms with Gasteiger partial charge in [0.25, 0.3) is 0 Å². The summed E-state index contributed by atoms with van der Waals surface area (Å²) in [5.41, 5.74) is 3.10. The Balaban J connectivity index is 2.29. The van der Waals surface area contributed by atoms with Gasteiger partial charge in [0.1, 0.15) is 0 Å². The van der Waals surface area contributed by atoms with Crippen molar-refractivity contribution in [1.29, 1.82) is 0 Å². The van der Waals surface area contributed by atoms with Crippen molar-refractivity contribution in [2.75, 3.05) is 0 Å². The summed E-state index contributed by atoms with van der Waals surface area (Å²) < 4.78 is 1.07. The molecule has 0 saturated carbocycles. The van der Waals surface area contributed by atoms with Gasteiger partial charge in [0.15, 0.2) is 0 Å². The highest BCUT2D eigenvalue weighted by Gasteiger charge is 2.10. The smallest absolute Gasteiger partial charge is 0.0876 e. The van der Waals surface area contributed by atoms with Crippen molar-refractivity contribution < 1.29 is 0 Å². The zero-order valence-electron chi connectivity index (χ0n) is 8.44. The summed E-state index contributed by atoms with van der Waals surface area (Å²) in [4.78, 5) is 7.71. The van der Waals surface area contributed by atoms with Gasteiger partial charge in [-0.3, -0.25) is 4.98 Å². The predicted molar refractivity (Wildman–Crippen MR) is 69.2 cm³/mol. The van der Waals surface area contributed by atoms with Gasteiger partial charge in [0, 0.05) is 17.1 Å². The third-order valence-corrected chi connectivity index (χ3v) is 3.39. The standard InChI is InChI=1S/C13H9BrN2/c14-12-9-5-1-2-6-10(9)16-13(12)11-7-3-4-8-15-11/h1-8,16H. The summed E-state index contributed by atoms with van der Waals surface area (Å²) in [5, 5.41) is 1.18. The van der Waals surface area contributed by atoms with Crippen molar-refractivity contribution in [2.45, 2.75) is 0 Å². The summed E-state index contributed by atoms with van der Waals surface area (Å²) in [7, 11) is 0. The summed E-state index contributed by atoms with van der Waals surface area (Å²) in [6, 6.07) is 14.1. The molecule has 0 radical (unpaired) electrons. The van der Waals surface area contributed by atoms with Crippen LogP contribution in [-0.4, -0.2) is 9.97 Å². The largest absolute Gasteiger partial charge is 0.352 e. The number of para-hydroxylation sites is 1. The van der Waals surface area contributed by atoms with Crippen molar-refractivity contribution >= 4 is 26.8 Å². The molecule has 3 aromatic rings. The van der Waals surface area contributed by atoms with E-state index in [1.807, 2.05) is 30.3 Å². The highest BCUT2D eigenvalue weighted by molar-refractivity contribution is 9.10. The predicted octanol–water partition coefficient (Wildman–Crippen LogP) is 3.99. The number of nitrogens with zero attached hydrogens (tertiary/aromatic N) is 1. The Kier molecular flexibility index (Phi) is 2.26. The lowest BCUT2D eigenvalue weighted by Gasteiger charge is -1.96. The van der Waals surface area contributed by atoms with E-state index >= 15 is 0 Å². The van der Waals surface area contributed by atoms with Crippen LogP contribution >= 0.6 is 15.9 Å². The average molecular weight is 273 g/mol. The van der Waals surface area contributed by atoms with Crippen LogP contribution in [0.5, 0.6) is 0 Å². The van der Waals surface area contributed by atoms with E-state index < -0.39 is 0 Å². The number of hydrogen-bond acceptors (Lipinski definition) is 1. The molecule has 0 aliphatic carbocycles. The molecule has 0 saturated heterocycles. The van der Waals surface area contributed by atoms with E-state index in [-0.39, 0.29) is 0 Å². The van der Waals surface area contributed by atoms with Crippen molar-refractivity contribution in [3.63, 3.8) is 0 Å². The second-order valence-electron chi connectivity index (χ2n) is 3.57. The quantitative estimate of drug-likeness (QED) is 0.713. The van der Waals surface area contributed by atoms with Crippen LogP contribution in [0.1, 0.15) is 0 Å². The van der Waals surface area contributed by atoms with Crippen LogP contribution in [0.15, 0.2) is 53.1 Å². The van der Waals surface area contributed by atoms with Crippen LogP contribution < -0.4 is 0 Å². The summed E-state index contributed by atoms with van der Waals surface area (Å²) in [5.74, 6) is 0.